The molecule has 5 N–H and O–H groups in total. The molecule has 108 valence electrons. The predicted molar refractivity (Wildman–Crippen MR) is 81.8 cm³/mol. The van der Waals surface area contributed by atoms with Crippen LogP contribution >= 0.6 is 23.4 Å². The molecule has 1 aromatic rings. The molecular weight excluding hydrogens is 300 g/mol. The van der Waals surface area contributed by atoms with E-state index in [1.165, 1.54) is 23.4 Å². The Labute approximate surface area is 125 Å². The fourth-order valence-electron chi connectivity index (χ4n) is 1.79. The number of carbonyl (C=O) groups is 1. The molecule has 1 fully saturated rings. The molecule has 0 unspecified atom stereocenters. The molecule has 1 saturated carbocycles. The number of hydrogen-bond acceptors (Lipinski definition) is 5. The average Bonchev–Trinajstić information content (AvgIpc) is 3.23. The lowest BCUT2D eigenvalue weighted by atomic mass is 10.1. The van der Waals surface area contributed by atoms with E-state index in [0.717, 1.165) is 11.8 Å². The van der Waals surface area contributed by atoms with E-state index in [1.54, 1.807) is 6.07 Å². The smallest absolute Gasteiger partial charge is 0.313 e. The SMILES string of the molecule is N/N=C(/SCC(=O)O)N(N)c1ccc(C2CC2)cc1Cl. The highest BCUT2D eigenvalue weighted by Crippen LogP contribution is 2.42. The van der Waals surface area contributed by atoms with Crippen molar-refractivity contribution in [2.45, 2.75) is 18.8 Å². The number of nitrogens with two attached hydrogens (primary N) is 2. The van der Waals surface area contributed by atoms with Crippen LogP contribution < -0.4 is 16.7 Å². The summed E-state index contributed by atoms with van der Waals surface area (Å²) in [6, 6.07) is 5.64. The quantitative estimate of drug-likeness (QED) is 0.339. The number of thioether (sulfide) groups is 1. The van der Waals surface area contributed by atoms with Gasteiger partial charge in [0.2, 0.25) is 5.17 Å². The number of nitrogens with zero attached hydrogens (tertiary/aromatic N) is 2. The maximum absolute atomic E-state index is 10.6. The minimum absolute atomic E-state index is 0.179. The molecule has 0 saturated heterocycles. The van der Waals surface area contributed by atoms with Crippen LogP contribution in [0.3, 0.4) is 0 Å². The van der Waals surface area contributed by atoms with Crippen LogP contribution in [-0.2, 0) is 4.79 Å². The Hall–Kier alpha value is -1.44. The zero-order valence-electron chi connectivity index (χ0n) is 10.6. The average molecular weight is 315 g/mol. The number of aliphatic carboxylic acids is 1. The fourth-order valence-corrected chi connectivity index (χ4v) is 2.63. The number of halogens is 1. The molecule has 0 aliphatic heterocycles. The summed E-state index contributed by atoms with van der Waals surface area (Å²) >= 11 is 7.15. The van der Waals surface area contributed by atoms with Crippen LogP contribution in [0.4, 0.5) is 5.69 Å². The van der Waals surface area contributed by atoms with Crippen molar-refractivity contribution in [3.63, 3.8) is 0 Å². The Kier molecular flexibility index (Phi) is 4.74. The Morgan fingerprint density at radius 2 is 2.25 bits per heavy atom. The van der Waals surface area contributed by atoms with E-state index < -0.39 is 5.97 Å². The number of hydrazone groups is 1. The van der Waals surface area contributed by atoms with Gasteiger partial charge in [-0.15, -0.1) is 0 Å². The van der Waals surface area contributed by atoms with Crippen molar-refractivity contribution < 1.29 is 9.90 Å². The van der Waals surface area contributed by atoms with Crippen molar-refractivity contribution in [2.24, 2.45) is 16.8 Å². The first-order valence-corrected chi connectivity index (χ1v) is 7.36. The second kappa shape index (κ2) is 6.34. The molecule has 2 rings (SSSR count). The number of amidine groups is 1. The third kappa shape index (κ3) is 3.56. The summed E-state index contributed by atoms with van der Waals surface area (Å²) < 4.78 is 0. The summed E-state index contributed by atoms with van der Waals surface area (Å²) in [4.78, 5) is 10.6. The van der Waals surface area contributed by atoms with Crippen molar-refractivity contribution in [1.29, 1.82) is 0 Å². The van der Waals surface area contributed by atoms with Crippen LogP contribution in [0.1, 0.15) is 24.3 Å². The van der Waals surface area contributed by atoms with Gasteiger partial charge in [0, 0.05) is 0 Å². The summed E-state index contributed by atoms with van der Waals surface area (Å²) in [5, 5.41) is 14.1. The highest BCUT2D eigenvalue weighted by Gasteiger charge is 2.24. The van der Waals surface area contributed by atoms with Gasteiger partial charge < -0.3 is 10.9 Å². The number of carboxylic acids is 1. The summed E-state index contributed by atoms with van der Waals surface area (Å²) in [6.07, 6.45) is 2.37. The van der Waals surface area contributed by atoms with E-state index >= 15 is 0 Å². The highest BCUT2D eigenvalue weighted by molar-refractivity contribution is 8.14. The Morgan fingerprint density at radius 3 is 2.75 bits per heavy atom. The fraction of sp³-hybridized carbons (Fsp3) is 0.333. The molecule has 0 radical (unpaired) electrons. The van der Waals surface area contributed by atoms with Crippen LogP contribution in [0.5, 0.6) is 0 Å². The molecule has 1 aromatic carbocycles. The second-order valence-electron chi connectivity index (χ2n) is 4.45. The lowest BCUT2D eigenvalue weighted by molar-refractivity contribution is -0.133. The maximum atomic E-state index is 10.6. The van der Waals surface area contributed by atoms with Crippen LogP contribution in [0.25, 0.3) is 0 Å². The molecule has 0 aromatic heterocycles. The van der Waals surface area contributed by atoms with Gasteiger partial charge in [-0.25, -0.2) is 5.84 Å². The zero-order chi connectivity index (χ0) is 14.7. The van der Waals surface area contributed by atoms with Crippen LogP contribution in [0.2, 0.25) is 5.02 Å². The largest absolute Gasteiger partial charge is 0.481 e. The van der Waals surface area contributed by atoms with Gasteiger partial charge in [0.05, 0.1) is 16.5 Å². The van der Waals surface area contributed by atoms with Gasteiger partial charge in [-0.1, -0.05) is 29.4 Å². The first-order chi connectivity index (χ1) is 9.52. The number of carboxylic acid groups (broad SMARTS) is 1. The third-order valence-electron chi connectivity index (χ3n) is 2.92. The minimum atomic E-state index is -0.972. The second-order valence-corrected chi connectivity index (χ2v) is 5.80. The Bertz CT molecular complexity index is 548. The monoisotopic (exact) mass is 314 g/mol. The minimum Gasteiger partial charge on any atom is -0.481 e. The summed E-state index contributed by atoms with van der Waals surface area (Å²) in [5.74, 6) is 10.6. The molecule has 0 bridgehead atoms. The molecule has 0 heterocycles. The number of benzene rings is 1. The first kappa shape index (κ1) is 15.0. The van der Waals surface area contributed by atoms with E-state index in [9.17, 15) is 4.79 Å². The maximum Gasteiger partial charge on any atom is 0.313 e. The normalized spacial score (nSPS) is 15.2. The summed E-state index contributed by atoms with van der Waals surface area (Å²) in [6.45, 7) is 0. The molecule has 0 amide bonds. The van der Waals surface area contributed by atoms with Crippen LogP contribution in [0.15, 0.2) is 23.3 Å². The molecule has 0 atom stereocenters. The van der Waals surface area contributed by atoms with E-state index in [0.29, 0.717) is 16.6 Å². The number of hydrazine groups is 1. The van der Waals surface area contributed by atoms with Gasteiger partial charge in [-0.3, -0.25) is 9.80 Å². The number of rotatable bonds is 4. The lowest BCUT2D eigenvalue weighted by Gasteiger charge is -2.20. The van der Waals surface area contributed by atoms with Crippen LogP contribution in [0, 0.1) is 0 Å². The van der Waals surface area contributed by atoms with Crippen molar-refractivity contribution >= 4 is 40.2 Å². The number of hydrogen-bond donors (Lipinski definition) is 3. The van der Waals surface area contributed by atoms with Crippen molar-refractivity contribution in [1.82, 2.24) is 0 Å². The van der Waals surface area contributed by atoms with E-state index in [4.69, 9.17) is 28.4 Å². The zero-order valence-corrected chi connectivity index (χ0v) is 12.2. The lowest BCUT2D eigenvalue weighted by Crippen LogP contribution is -2.37. The molecule has 8 heteroatoms. The standard InChI is InChI=1S/C12H15ClN4O2S/c13-9-5-8(7-1-2-7)3-4-10(9)17(15)12(16-14)20-6-11(18)19/h3-5,7H,1-2,6,14-15H2,(H,18,19)/b16-12+. The van der Waals surface area contributed by atoms with Gasteiger partial charge in [0.25, 0.3) is 0 Å². The van der Waals surface area contributed by atoms with E-state index in [-0.39, 0.29) is 10.9 Å². The summed E-state index contributed by atoms with van der Waals surface area (Å²) in [7, 11) is 0. The third-order valence-corrected chi connectivity index (χ3v) is 4.18. The Morgan fingerprint density at radius 1 is 1.55 bits per heavy atom. The summed E-state index contributed by atoms with van der Waals surface area (Å²) in [5.41, 5.74) is 1.73. The molecule has 0 spiro atoms. The van der Waals surface area contributed by atoms with Crippen LogP contribution in [-0.4, -0.2) is 22.0 Å². The van der Waals surface area contributed by atoms with E-state index in [2.05, 4.69) is 5.10 Å². The Balaban J connectivity index is 2.14. The van der Waals surface area contributed by atoms with Gasteiger partial charge >= 0.3 is 5.97 Å². The topological polar surface area (TPSA) is 105 Å². The van der Waals surface area contributed by atoms with Gasteiger partial charge in [0.1, 0.15) is 0 Å². The molecule has 20 heavy (non-hydrogen) atoms. The van der Waals surface area contributed by atoms with Crippen molar-refractivity contribution in [2.75, 3.05) is 10.8 Å². The van der Waals surface area contributed by atoms with E-state index in [1.807, 2.05) is 12.1 Å². The molecular formula is C12H15ClN4O2S. The first-order valence-electron chi connectivity index (χ1n) is 5.99. The predicted octanol–water partition coefficient (Wildman–Crippen LogP) is 1.95. The van der Waals surface area contributed by atoms with Gasteiger partial charge in [-0.05, 0) is 36.5 Å². The van der Waals surface area contributed by atoms with Crippen molar-refractivity contribution in [3.8, 4) is 0 Å². The molecule has 6 nitrogen and oxygen atoms in total. The van der Waals surface area contributed by atoms with Crippen molar-refractivity contribution in [3.05, 3.63) is 28.8 Å². The number of anilines is 1. The molecule has 1 aliphatic carbocycles. The molecule has 1 aliphatic rings. The van der Waals surface area contributed by atoms with Gasteiger partial charge in [-0.2, -0.15) is 5.10 Å². The van der Waals surface area contributed by atoms with Gasteiger partial charge in [0.15, 0.2) is 0 Å². The highest BCUT2D eigenvalue weighted by atomic mass is 35.5.